The SMILES string of the molecule is COC(C)(OC)C(=O)CS(=O)(=O)c1ccccc1. The van der Waals surface area contributed by atoms with Gasteiger partial charge < -0.3 is 9.47 Å². The van der Waals surface area contributed by atoms with E-state index in [1.54, 1.807) is 18.2 Å². The highest BCUT2D eigenvalue weighted by molar-refractivity contribution is 7.92. The molecule has 18 heavy (non-hydrogen) atoms. The van der Waals surface area contributed by atoms with Gasteiger partial charge in [0.1, 0.15) is 5.75 Å². The molecule has 0 aromatic heterocycles. The molecule has 0 aliphatic heterocycles. The molecule has 0 N–H and O–H groups in total. The first-order chi connectivity index (χ1) is 8.35. The van der Waals surface area contributed by atoms with Crippen LogP contribution in [0.4, 0.5) is 0 Å². The molecule has 0 unspecified atom stereocenters. The Morgan fingerprint density at radius 1 is 1.17 bits per heavy atom. The van der Waals surface area contributed by atoms with Crippen molar-refractivity contribution in [1.29, 1.82) is 0 Å². The van der Waals surface area contributed by atoms with E-state index in [1.807, 2.05) is 0 Å². The van der Waals surface area contributed by atoms with Gasteiger partial charge >= 0.3 is 0 Å². The molecular formula is C12H16O5S. The number of methoxy groups -OCH3 is 2. The maximum absolute atomic E-state index is 12.0. The topological polar surface area (TPSA) is 69.7 Å². The number of Topliss-reactive ketones (excluding diaryl/α,β-unsaturated/α-hetero) is 1. The molecule has 0 aliphatic carbocycles. The van der Waals surface area contributed by atoms with Crippen molar-refractivity contribution in [1.82, 2.24) is 0 Å². The van der Waals surface area contributed by atoms with Crippen molar-refractivity contribution in [2.24, 2.45) is 0 Å². The molecule has 0 spiro atoms. The molecular weight excluding hydrogens is 256 g/mol. The van der Waals surface area contributed by atoms with E-state index in [-0.39, 0.29) is 4.90 Å². The van der Waals surface area contributed by atoms with Crippen LogP contribution in [0.2, 0.25) is 0 Å². The molecule has 0 heterocycles. The Bertz CT molecular complexity index is 503. The van der Waals surface area contributed by atoms with Gasteiger partial charge in [-0.2, -0.15) is 0 Å². The van der Waals surface area contributed by atoms with Crippen molar-refractivity contribution >= 4 is 15.6 Å². The van der Waals surface area contributed by atoms with Crippen LogP contribution in [0.15, 0.2) is 35.2 Å². The summed E-state index contributed by atoms with van der Waals surface area (Å²) in [4.78, 5) is 12.0. The molecule has 1 aromatic rings. The average molecular weight is 272 g/mol. The lowest BCUT2D eigenvalue weighted by molar-refractivity contribution is -0.196. The highest BCUT2D eigenvalue weighted by Crippen LogP contribution is 2.16. The molecule has 0 amide bonds. The fourth-order valence-electron chi connectivity index (χ4n) is 1.33. The van der Waals surface area contributed by atoms with Crippen molar-refractivity contribution in [3.63, 3.8) is 0 Å². The molecule has 0 atom stereocenters. The second-order valence-corrected chi connectivity index (χ2v) is 5.84. The molecule has 0 radical (unpaired) electrons. The number of benzene rings is 1. The number of ether oxygens (including phenoxy) is 2. The number of rotatable bonds is 6. The second-order valence-electron chi connectivity index (χ2n) is 3.85. The summed E-state index contributed by atoms with van der Waals surface area (Å²) in [5.74, 6) is -2.84. The first-order valence-electron chi connectivity index (χ1n) is 5.27. The largest absolute Gasteiger partial charge is 0.347 e. The van der Waals surface area contributed by atoms with Crippen molar-refractivity contribution in [2.45, 2.75) is 17.6 Å². The minimum atomic E-state index is -3.67. The van der Waals surface area contributed by atoms with Crippen molar-refractivity contribution in [3.05, 3.63) is 30.3 Å². The molecule has 0 fully saturated rings. The number of carbonyl (C=O) groups is 1. The standard InChI is InChI=1S/C12H16O5S/c1-12(16-2,17-3)11(13)9-18(14,15)10-7-5-4-6-8-10/h4-8H,9H2,1-3H3. The Hall–Kier alpha value is -1.24. The van der Waals surface area contributed by atoms with Gasteiger partial charge in [-0.15, -0.1) is 0 Å². The highest BCUT2D eigenvalue weighted by Gasteiger charge is 2.36. The summed E-state index contributed by atoms with van der Waals surface area (Å²) >= 11 is 0. The van der Waals surface area contributed by atoms with Crippen molar-refractivity contribution in [2.75, 3.05) is 20.0 Å². The Morgan fingerprint density at radius 2 is 1.67 bits per heavy atom. The molecule has 0 aliphatic rings. The summed E-state index contributed by atoms with van der Waals surface area (Å²) in [6, 6.07) is 7.79. The van der Waals surface area contributed by atoms with Gasteiger partial charge in [0, 0.05) is 14.2 Å². The van der Waals surface area contributed by atoms with Gasteiger partial charge in [0.15, 0.2) is 9.84 Å². The fourth-order valence-corrected chi connectivity index (χ4v) is 2.67. The van der Waals surface area contributed by atoms with E-state index >= 15 is 0 Å². The predicted molar refractivity (Wildman–Crippen MR) is 65.9 cm³/mol. The Labute approximate surface area is 107 Å². The van der Waals surface area contributed by atoms with E-state index in [4.69, 9.17) is 9.47 Å². The lowest BCUT2D eigenvalue weighted by atomic mass is 10.2. The van der Waals surface area contributed by atoms with E-state index < -0.39 is 27.2 Å². The van der Waals surface area contributed by atoms with E-state index in [0.717, 1.165) is 0 Å². The summed E-state index contributed by atoms with van der Waals surface area (Å²) in [5, 5.41) is 0. The zero-order chi connectivity index (χ0) is 13.8. The maximum atomic E-state index is 12.0. The summed E-state index contributed by atoms with van der Waals surface area (Å²) in [6.45, 7) is 1.38. The summed E-state index contributed by atoms with van der Waals surface area (Å²) in [5.41, 5.74) is 0. The summed E-state index contributed by atoms with van der Waals surface area (Å²) in [6.07, 6.45) is 0. The van der Waals surface area contributed by atoms with E-state index in [0.29, 0.717) is 0 Å². The van der Waals surface area contributed by atoms with Crippen LogP contribution in [-0.2, 0) is 24.1 Å². The van der Waals surface area contributed by atoms with Crippen LogP contribution >= 0.6 is 0 Å². The van der Waals surface area contributed by atoms with Gasteiger partial charge in [0.05, 0.1) is 4.90 Å². The monoisotopic (exact) mass is 272 g/mol. The third-order valence-corrected chi connectivity index (χ3v) is 4.34. The number of hydrogen-bond donors (Lipinski definition) is 0. The van der Waals surface area contributed by atoms with Crippen LogP contribution in [0.1, 0.15) is 6.92 Å². The Morgan fingerprint density at radius 3 is 2.11 bits per heavy atom. The van der Waals surface area contributed by atoms with Gasteiger partial charge in [0.2, 0.25) is 11.6 Å². The first-order valence-corrected chi connectivity index (χ1v) is 6.92. The number of hydrogen-bond acceptors (Lipinski definition) is 5. The van der Waals surface area contributed by atoms with E-state index in [1.165, 1.54) is 33.3 Å². The van der Waals surface area contributed by atoms with Crippen LogP contribution in [0, 0.1) is 0 Å². The predicted octanol–water partition coefficient (Wildman–Crippen LogP) is 1.04. The van der Waals surface area contributed by atoms with Gasteiger partial charge in [-0.25, -0.2) is 8.42 Å². The minimum Gasteiger partial charge on any atom is -0.347 e. The molecule has 100 valence electrons. The van der Waals surface area contributed by atoms with Gasteiger partial charge in [-0.05, 0) is 19.1 Å². The molecule has 6 heteroatoms. The summed E-state index contributed by atoms with van der Waals surface area (Å²) < 4.78 is 33.8. The Kier molecular flexibility index (Phi) is 4.61. The van der Waals surface area contributed by atoms with Crippen LogP contribution < -0.4 is 0 Å². The molecule has 0 saturated heterocycles. The van der Waals surface area contributed by atoms with Crippen LogP contribution in [0.5, 0.6) is 0 Å². The van der Waals surface area contributed by atoms with E-state index in [2.05, 4.69) is 0 Å². The molecule has 0 bridgehead atoms. The number of ketones is 1. The number of carbonyl (C=O) groups excluding carboxylic acids is 1. The highest BCUT2D eigenvalue weighted by atomic mass is 32.2. The summed E-state index contributed by atoms with van der Waals surface area (Å²) in [7, 11) is -1.10. The number of sulfone groups is 1. The lowest BCUT2D eigenvalue weighted by Gasteiger charge is -2.24. The second kappa shape index (κ2) is 5.60. The van der Waals surface area contributed by atoms with Gasteiger partial charge in [0.25, 0.3) is 0 Å². The van der Waals surface area contributed by atoms with Crippen LogP contribution in [0.3, 0.4) is 0 Å². The fraction of sp³-hybridized carbons (Fsp3) is 0.417. The molecule has 1 aromatic carbocycles. The van der Waals surface area contributed by atoms with Crippen LogP contribution in [0.25, 0.3) is 0 Å². The zero-order valence-corrected chi connectivity index (χ0v) is 11.4. The maximum Gasteiger partial charge on any atom is 0.226 e. The molecule has 1 rings (SSSR count). The third-order valence-electron chi connectivity index (χ3n) is 2.71. The zero-order valence-electron chi connectivity index (χ0n) is 10.5. The minimum absolute atomic E-state index is 0.105. The first kappa shape index (κ1) is 14.8. The normalized spacial score (nSPS) is 12.4. The quantitative estimate of drug-likeness (QED) is 0.724. The smallest absolute Gasteiger partial charge is 0.226 e. The van der Waals surface area contributed by atoms with Crippen molar-refractivity contribution in [3.8, 4) is 0 Å². The lowest BCUT2D eigenvalue weighted by Crippen LogP contribution is -2.42. The average Bonchev–Trinajstić information content (AvgIpc) is 2.38. The van der Waals surface area contributed by atoms with Gasteiger partial charge in [-0.1, -0.05) is 18.2 Å². The third kappa shape index (κ3) is 3.16. The van der Waals surface area contributed by atoms with Gasteiger partial charge in [-0.3, -0.25) is 4.79 Å². The van der Waals surface area contributed by atoms with Crippen LogP contribution in [-0.4, -0.2) is 40.0 Å². The molecule has 0 saturated carbocycles. The van der Waals surface area contributed by atoms with E-state index in [9.17, 15) is 13.2 Å². The molecule has 5 nitrogen and oxygen atoms in total. The Balaban J connectivity index is 2.95. The van der Waals surface area contributed by atoms with Crippen molar-refractivity contribution < 1.29 is 22.7 Å².